The van der Waals surface area contributed by atoms with Crippen LogP contribution >= 0.6 is 11.3 Å². The molecule has 0 fully saturated rings. The Kier molecular flexibility index (Phi) is 4.36. The summed E-state index contributed by atoms with van der Waals surface area (Å²) in [7, 11) is -2.02. The Hall–Kier alpha value is -1.51. The van der Waals surface area contributed by atoms with Crippen molar-refractivity contribution in [3.8, 4) is 10.6 Å². The van der Waals surface area contributed by atoms with Crippen molar-refractivity contribution in [2.24, 2.45) is 0 Å². The van der Waals surface area contributed by atoms with Gasteiger partial charge in [0.25, 0.3) is 0 Å². The molecule has 1 aromatic heterocycles. The molecule has 2 N–H and O–H groups in total. The quantitative estimate of drug-likeness (QED) is 0.881. The highest BCUT2D eigenvalue weighted by Crippen LogP contribution is 2.27. The molecule has 0 saturated carbocycles. The maximum atomic E-state index is 11.6. The Labute approximate surface area is 122 Å². The Balaban J connectivity index is 2.24. The van der Waals surface area contributed by atoms with Crippen molar-refractivity contribution in [3.05, 3.63) is 24.3 Å². The summed E-state index contributed by atoms with van der Waals surface area (Å²) >= 11 is 1.44. The van der Waals surface area contributed by atoms with Crippen molar-refractivity contribution in [1.82, 2.24) is 14.9 Å². The van der Waals surface area contributed by atoms with Crippen LogP contribution in [0.2, 0.25) is 0 Å². The van der Waals surface area contributed by atoms with Gasteiger partial charge in [-0.2, -0.15) is 0 Å². The van der Waals surface area contributed by atoms with Crippen LogP contribution < -0.4 is 10.0 Å². The third-order valence-electron chi connectivity index (χ3n) is 2.52. The summed E-state index contributed by atoms with van der Waals surface area (Å²) in [4.78, 5) is 0.230. The number of aromatic nitrogens is 2. The molecule has 2 aromatic rings. The first kappa shape index (κ1) is 14.9. The van der Waals surface area contributed by atoms with E-state index in [9.17, 15) is 8.42 Å². The van der Waals surface area contributed by atoms with Crippen molar-refractivity contribution < 1.29 is 8.42 Å². The van der Waals surface area contributed by atoms with E-state index in [2.05, 4.69) is 20.2 Å². The lowest BCUT2D eigenvalue weighted by atomic mass is 10.2. The van der Waals surface area contributed by atoms with Gasteiger partial charge in [0, 0.05) is 11.6 Å². The van der Waals surface area contributed by atoms with E-state index in [0.717, 1.165) is 15.7 Å². The molecule has 1 aromatic carbocycles. The van der Waals surface area contributed by atoms with Gasteiger partial charge in [-0.3, -0.25) is 0 Å². The van der Waals surface area contributed by atoms with Crippen LogP contribution in [0, 0.1) is 0 Å². The minimum Gasteiger partial charge on any atom is -0.358 e. The first-order chi connectivity index (χ1) is 9.42. The third-order valence-corrected chi connectivity index (χ3v) is 4.85. The SMILES string of the molecule is CNS(=O)(=O)c1ccc(-c2nnc(NC(C)C)s2)cc1. The zero-order chi connectivity index (χ0) is 14.8. The maximum absolute atomic E-state index is 11.6. The van der Waals surface area contributed by atoms with Crippen LogP contribution in [0.5, 0.6) is 0 Å². The number of benzene rings is 1. The monoisotopic (exact) mass is 312 g/mol. The van der Waals surface area contributed by atoms with Crippen molar-refractivity contribution in [2.45, 2.75) is 24.8 Å². The molecule has 0 aliphatic rings. The number of nitrogens with zero attached hydrogens (tertiary/aromatic N) is 2. The second kappa shape index (κ2) is 5.86. The van der Waals surface area contributed by atoms with Crippen molar-refractivity contribution in [2.75, 3.05) is 12.4 Å². The van der Waals surface area contributed by atoms with Crippen LogP contribution in [0.1, 0.15) is 13.8 Å². The van der Waals surface area contributed by atoms with Crippen LogP contribution in [0.15, 0.2) is 29.2 Å². The van der Waals surface area contributed by atoms with Crippen LogP contribution in [0.25, 0.3) is 10.6 Å². The Morgan fingerprint density at radius 2 is 1.80 bits per heavy atom. The summed E-state index contributed by atoms with van der Waals surface area (Å²) in [6.45, 7) is 4.05. The van der Waals surface area contributed by atoms with Gasteiger partial charge >= 0.3 is 0 Å². The van der Waals surface area contributed by atoms with Crippen LogP contribution in [0.3, 0.4) is 0 Å². The van der Waals surface area contributed by atoms with E-state index in [1.54, 1.807) is 24.3 Å². The largest absolute Gasteiger partial charge is 0.358 e. The standard InChI is InChI=1S/C12H16N4O2S2/c1-8(2)14-12-16-15-11(19-12)9-4-6-10(7-5-9)20(17,18)13-3/h4-8,13H,1-3H3,(H,14,16). The molecule has 0 spiro atoms. The second-order valence-corrected chi connectivity index (χ2v) is 7.31. The van der Waals surface area contributed by atoms with Crippen LogP contribution in [0.4, 0.5) is 5.13 Å². The van der Waals surface area contributed by atoms with Gasteiger partial charge in [0.05, 0.1) is 4.90 Å². The van der Waals surface area contributed by atoms with Gasteiger partial charge in [0.2, 0.25) is 15.2 Å². The van der Waals surface area contributed by atoms with E-state index in [4.69, 9.17) is 0 Å². The van der Waals surface area contributed by atoms with Crippen molar-refractivity contribution >= 4 is 26.5 Å². The number of hydrogen-bond donors (Lipinski definition) is 2. The van der Waals surface area contributed by atoms with Gasteiger partial charge < -0.3 is 5.32 Å². The van der Waals surface area contributed by atoms with Crippen LogP contribution in [-0.4, -0.2) is 31.7 Å². The number of rotatable bonds is 5. The molecule has 0 aliphatic carbocycles. The predicted octanol–water partition coefficient (Wildman–Crippen LogP) is 1.93. The summed E-state index contributed by atoms with van der Waals surface area (Å²) in [6.07, 6.45) is 0. The molecule has 6 nitrogen and oxygen atoms in total. The van der Waals surface area contributed by atoms with Gasteiger partial charge in [0.15, 0.2) is 0 Å². The number of anilines is 1. The predicted molar refractivity (Wildman–Crippen MR) is 80.3 cm³/mol. The summed E-state index contributed by atoms with van der Waals surface area (Å²) in [5.41, 5.74) is 0.842. The lowest BCUT2D eigenvalue weighted by Crippen LogP contribution is -2.18. The molecule has 0 amide bonds. The lowest BCUT2D eigenvalue weighted by molar-refractivity contribution is 0.588. The Morgan fingerprint density at radius 3 is 2.35 bits per heavy atom. The van der Waals surface area contributed by atoms with E-state index < -0.39 is 10.0 Å². The number of hydrogen-bond acceptors (Lipinski definition) is 6. The normalized spacial score (nSPS) is 11.8. The fraction of sp³-hybridized carbons (Fsp3) is 0.333. The molecular weight excluding hydrogens is 296 g/mol. The van der Waals surface area contributed by atoms with E-state index in [-0.39, 0.29) is 4.90 Å². The average molecular weight is 312 g/mol. The lowest BCUT2D eigenvalue weighted by Gasteiger charge is -2.03. The molecule has 0 bridgehead atoms. The average Bonchev–Trinajstić information content (AvgIpc) is 2.86. The minimum atomic E-state index is -3.40. The van der Waals surface area contributed by atoms with Gasteiger partial charge in [-0.15, -0.1) is 10.2 Å². The number of nitrogens with one attached hydrogen (secondary N) is 2. The first-order valence-electron chi connectivity index (χ1n) is 6.06. The van der Waals surface area contributed by atoms with E-state index >= 15 is 0 Å². The molecule has 0 aliphatic heterocycles. The summed E-state index contributed by atoms with van der Waals surface area (Å²) in [5.74, 6) is 0. The molecule has 1 heterocycles. The minimum absolute atomic E-state index is 0.230. The molecule has 0 atom stereocenters. The zero-order valence-corrected chi connectivity index (χ0v) is 13.0. The highest BCUT2D eigenvalue weighted by atomic mass is 32.2. The molecular formula is C12H16N4O2S2. The number of sulfonamides is 1. The van der Waals surface area contributed by atoms with Gasteiger partial charge in [0.1, 0.15) is 5.01 Å². The Morgan fingerprint density at radius 1 is 1.15 bits per heavy atom. The fourth-order valence-electron chi connectivity index (χ4n) is 1.54. The van der Waals surface area contributed by atoms with Crippen LogP contribution in [-0.2, 0) is 10.0 Å². The van der Waals surface area contributed by atoms with Gasteiger partial charge in [-0.1, -0.05) is 23.5 Å². The summed E-state index contributed by atoms with van der Waals surface area (Å²) in [6, 6.07) is 6.85. The third kappa shape index (κ3) is 3.33. The van der Waals surface area contributed by atoms with Crippen molar-refractivity contribution in [1.29, 1.82) is 0 Å². The summed E-state index contributed by atoms with van der Waals surface area (Å²) in [5, 5.41) is 12.8. The maximum Gasteiger partial charge on any atom is 0.240 e. The second-order valence-electron chi connectivity index (χ2n) is 4.44. The topological polar surface area (TPSA) is 84.0 Å². The van der Waals surface area contributed by atoms with Gasteiger partial charge in [-0.25, -0.2) is 13.1 Å². The summed E-state index contributed by atoms with van der Waals surface area (Å²) < 4.78 is 25.5. The molecule has 0 unspecified atom stereocenters. The molecule has 0 radical (unpaired) electrons. The Bertz CT molecular complexity index is 678. The van der Waals surface area contributed by atoms with Crippen molar-refractivity contribution in [3.63, 3.8) is 0 Å². The van der Waals surface area contributed by atoms with E-state index in [0.29, 0.717) is 6.04 Å². The first-order valence-corrected chi connectivity index (χ1v) is 8.36. The molecule has 0 saturated heterocycles. The van der Waals surface area contributed by atoms with E-state index in [1.807, 2.05) is 13.8 Å². The zero-order valence-electron chi connectivity index (χ0n) is 11.4. The fourth-order valence-corrected chi connectivity index (χ4v) is 3.16. The highest BCUT2D eigenvalue weighted by molar-refractivity contribution is 7.89. The molecule has 20 heavy (non-hydrogen) atoms. The molecule has 8 heteroatoms. The van der Waals surface area contributed by atoms with Gasteiger partial charge in [-0.05, 0) is 33.0 Å². The molecule has 2 rings (SSSR count). The highest BCUT2D eigenvalue weighted by Gasteiger charge is 2.12. The smallest absolute Gasteiger partial charge is 0.240 e. The molecule has 108 valence electrons. The van der Waals surface area contributed by atoms with E-state index in [1.165, 1.54) is 18.4 Å².